The summed E-state index contributed by atoms with van der Waals surface area (Å²) in [7, 11) is -1.44. The van der Waals surface area contributed by atoms with Crippen molar-refractivity contribution in [3.8, 4) is 5.75 Å². The van der Waals surface area contributed by atoms with Crippen molar-refractivity contribution in [1.29, 1.82) is 0 Å². The van der Waals surface area contributed by atoms with Gasteiger partial charge in [-0.2, -0.15) is 0 Å². The summed E-state index contributed by atoms with van der Waals surface area (Å²) in [5.74, 6) is 1.92. The van der Waals surface area contributed by atoms with Gasteiger partial charge in [-0.25, -0.2) is 13.1 Å². The SMILES string of the molecule is CN=C(NCCNS(C)(=O)=O)N1CCC(COc2cc(Cl)cc(Cl)c2)CC1.I. The molecule has 28 heavy (non-hydrogen) atoms. The summed E-state index contributed by atoms with van der Waals surface area (Å²) in [5.41, 5.74) is 0. The summed E-state index contributed by atoms with van der Waals surface area (Å²) in [5, 5.41) is 4.31. The lowest BCUT2D eigenvalue weighted by molar-refractivity contribution is 0.179. The molecule has 1 aromatic rings. The molecule has 1 aliphatic rings. The molecule has 0 saturated carbocycles. The topological polar surface area (TPSA) is 83.0 Å². The van der Waals surface area contributed by atoms with Gasteiger partial charge in [-0.3, -0.25) is 4.99 Å². The fraction of sp³-hybridized carbons (Fsp3) is 0.588. The molecule has 1 aliphatic heterocycles. The molecule has 1 aromatic carbocycles. The van der Waals surface area contributed by atoms with E-state index in [1.807, 2.05) is 0 Å². The Morgan fingerprint density at radius 2 is 1.82 bits per heavy atom. The van der Waals surface area contributed by atoms with E-state index in [-0.39, 0.29) is 24.0 Å². The van der Waals surface area contributed by atoms with Crippen molar-refractivity contribution in [3.05, 3.63) is 28.2 Å². The van der Waals surface area contributed by atoms with Crippen molar-refractivity contribution in [2.45, 2.75) is 12.8 Å². The molecular formula is C17H27Cl2IN4O3S. The molecule has 0 atom stereocenters. The Kier molecular flexibility index (Phi) is 11.2. The van der Waals surface area contributed by atoms with Crippen LogP contribution in [0.4, 0.5) is 0 Å². The van der Waals surface area contributed by atoms with Gasteiger partial charge in [0.2, 0.25) is 10.0 Å². The highest BCUT2D eigenvalue weighted by atomic mass is 127. The molecule has 1 saturated heterocycles. The van der Waals surface area contributed by atoms with Crippen molar-refractivity contribution in [3.63, 3.8) is 0 Å². The van der Waals surface area contributed by atoms with Crippen molar-refractivity contribution in [2.24, 2.45) is 10.9 Å². The van der Waals surface area contributed by atoms with Crippen LogP contribution in [0.3, 0.4) is 0 Å². The van der Waals surface area contributed by atoms with E-state index in [4.69, 9.17) is 27.9 Å². The smallest absolute Gasteiger partial charge is 0.208 e. The van der Waals surface area contributed by atoms with Gasteiger partial charge in [0.1, 0.15) is 5.75 Å². The van der Waals surface area contributed by atoms with Gasteiger partial charge < -0.3 is 15.0 Å². The number of guanidine groups is 1. The quantitative estimate of drug-likeness (QED) is 0.230. The molecule has 0 unspecified atom stereocenters. The van der Waals surface area contributed by atoms with Gasteiger partial charge in [0.15, 0.2) is 5.96 Å². The van der Waals surface area contributed by atoms with E-state index in [2.05, 4.69) is 19.9 Å². The van der Waals surface area contributed by atoms with E-state index in [1.54, 1.807) is 25.2 Å². The predicted octanol–water partition coefficient (Wildman–Crippen LogP) is 2.83. The first-order valence-electron chi connectivity index (χ1n) is 8.76. The van der Waals surface area contributed by atoms with Crippen LogP contribution < -0.4 is 14.8 Å². The lowest BCUT2D eigenvalue weighted by atomic mass is 9.98. The maximum atomic E-state index is 11.1. The molecule has 2 N–H and O–H groups in total. The number of piperidine rings is 1. The molecule has 0 aromatic heterocycles. The van der Waals surface area contributed by atoms with Gasteiger partial charge in [-0.15, -0.1) is 24.0 Å². The molecule has 7 nitrogen and oxygen atoms in total. The average Bonchev–Trinajstić information content (AvgIpc) is 2.59. The number of nitrogens with one attached hydrogen (secondary N) is 2. The van der Waals surface area contributed by atoms with Crippen LogP contribution in [0.2, 0.25) is 10.0 Å². The van der Waals surface area contributed by atoms with Gasteiger partial charge in [0.25, 0.3) is 0 Å². The minimum Gasteiger partial charge on any atom is -0.493 e. The maximum Gasteiger partial charge on any atom is 0.208 e. The molecule has 11 heteroatoms. The summed E-state index contributed by atoms with van der Waals surface area (Å²) in [4.78, 5) is 6.45. The highest BCUT2D eigenvalue weighted by molar-refractivity contribution is 14.0. The Bertz CT molecular complexity index is 737. The summed E-state index contributed by atoms with van der Waals surface area (Å²) in [6, 6.07) is 5.20. The third-order valence-electron chi connectivity index (χ3n) is 4.22. The van der Waals surface area contributed by atoms with Crippen LogP contribution in [-0.4, -0.2) is 65.4 Å². The first kappa shape index (κ1) is 25.5. The molecule has 1 heterocycles. The van der Waals surface area contributed by atoms with Crippen LogP contribution in [0.15, 0.2) is 23.2 Å². The van der Waals surface area contributed by atoms with Crippen LogP contribution in [0.5, 0.6) is 5.75 Å². The fourth-order valence-electron chi connectivity index (χ4n) is 2.88. The van der Waals surface area contributed by atoms with Crippen molar-refractivity contribution < 1.29 is 13.2 Å². The van der Waals surface area contributed by atoms with Gasteiger partial charge in [-0.05, 0) is 37.0 Å². The number of ether oxygens (including phenoxy) is 1. The largest absolute Gasteiger partial charge is 0.493 e. The highest BCUT2D eigenvalue weighted by Gasteiger charge is 2.22. The zero-order valence-corrected chi connectivity index (χ0v) is 20.6. The molecule has 0 radical (unpaired) electrons. The first-order valence-corrected chi connectivity index (χ1v) is 11.4. The van der Waals surface area contributed by atoms with E-state index in [0.29, 0.717) is 41.4 Å². The second-order valence-electron chi connectivity index (χ2n) is 6.49. The highest BCUT2D eigenvalue weighted by Crippen LogP contribution is 2.25. The number of likely N-dealkylation sites (tertiary alicyclic amines) is 1. The Balaban J connectivity index is 0.00000392. The lowest BCUT2D eigenvalue weighted by Crippen LogP contribution is -2.47. The standard InChI is InChI=1S/C17H26Cl2N4O3S.HI/c1-20-17(21-5-6-22-27(2,24)25)23-7-3-13(4-8-23)12-26-16-10-14(18)9-15(19)11-16;/h9-11,13,22H,3-8,12H2,1-2H3,(H,20,21);1H. The molecule has 0 amide bonds. The predicted molar refractivity (Wildman–Crippen MR) is 126 cm³/mol. The van der Waals surface area contributed by atoms with Crippen LogP contribution >= 0.6 is 47.2 Å². The third-order valence-corrected chi connectivity index (χ3v) is 5.38. The van der Waals surface area contributed by atoms with Crippen LogP contribution in [-0.2, 0) is 10.0 Å². The van der Waals surface area contributed by atoms with Gasteiger partial charge in [-0.1, -0.05) is 23.2 Å². The normalized spacial score (nSPS) is 15.9. The minimum absolute atomic E-state index is 0. The van der Waals surface area contributed by atoms with Gasteiger partial charge in [0.05, 0.1) is 12.9 Å². The summed E-state index contributed by atoms with van der Waals surface area (Å²) >= 11 is 12.0. The number of aliphatic imine (C=N–C) groups is 1. The molecule has 1 fully saturated rings. The number of sulfonamides is 1. The number of hydrogen-bond donors (Lipinski definition) is 2. The van der Waals surface area contributed by atoms with Crippen molar-refractivity contribution in [1.82, 2.24) is 14.9 Å². The third kappa shape index (κ3) is 9.34. The van der Waals surface area contributed by atoms with Crippen molar-refractivity contribution in [2.75, 3.05) is 46.1 Å². The van der Waals surface area contributed by atoms with E-state index in [9.17, 15) is 8.42 Å². The number of rotatable bonds is 7. The Morgan fingerprint density at radius 3 is 2.36 bits per heavy atom. The summed E-state index contributed by atoms with van der Waals surface area (Å²) in [6.45, 7) is 3.16. The minimum atomic E-state index is -3.17. The average molecular weight is 565 g/mol. The van der Waals surface area contributed by atoms with Crippen molar-refractivity contribution >= 4 is 63.2 Å². The Hall–Kier alpha value is -0.490. The maximum absolute atomic E-state index is 11.1. The van der Waals surface area contributed by atoms with E-state index in [0.717, 1.165) is 38.1 Å². The second-order valence-corrected chi connectivity index (χ2v) is 9.19. The second kappa shape index (κ2) is 12.3. The summed E-state index contributed by atoms with van der Waals surface area (Å²) < 4.78 is 30.5. The number of nitrogens with zero attached hydrogens (tertiary/aromatic N) is 2. The zero-order valence-electron chi connectivity index (χ0n) is 16.0. The van der Waals surface area contributed by atoms with Crippen LogP contribution in [0.25, 0.3) is 0 Å². The number of hydrogen-bond acceptors (Lipinski definition) is 4. The lowest BCUT2D eigenvalue weighted by Gasteiger charge is -2.34. The van der Waals surface area contributed by atoms with E-state index < -0.39 is 10.0 Å². The number of benzene rings is 1. The molecule has 0 bridgehead atoms. The van der Waals surface area contributed by atoms with E-state index >= 15 is 0 Å². The van der Waals surface area contributed by atoms with Gasteiger partial charge >= 0.3 is 0 Å². The number of halogens is 3. The fourth-order valence-corrected chi connectivity index (χ4v) is 3.86. The van der Waals surface area contributed by atoms with E-state index in [1.165, 1.54) is 0 Å². The van der Waals surface area contributed by atoms with Crippen LogP contribution in [0, 0.1) is 5.92 Å². The molecule has 0 spiro atoms. The monoisotopic (exact) mass is 564 g/mol. The first-order chi connectivity index (χ1) is 12.8. The van der Waals surface area contributed by atoms with Crippen LogP contribution in [0.1, 0.15) is 12.8 Å². The Morgan fingerprint density at radius 1 is 1.21 bits per heavy atom. The molecule has 2 rings (SSSR count). The molecule has 160 valence electrons. The molecular weight excluding hydrogens is 538 g/mol. The zero-order chi connectivity index (χ0) is 19.9. The molecule has 0 aliphatic carbocycles. The van der Waals surface area contributed by atoms with Gasteiger partial charge in [0, 0.05) is 43.3 Å². The summed E-state index contributed by atoms with van der Waals surface area (Å²) in [6.07, 6.45) is 3.11. The Labute approximate surface area is 194 Å².